The van der Waals surface area contributed by atoms with E-state index in [0.29, 0.717) is 5.56 Å². The first-order chi connectivity index (χ1) is 13.5. The first-order valence-corrected chi connectivity index (χ1v) is 9.38. The Morgan fingerprint density at radius 3 is 2.41 bits per heavy atom. The van der Waals surface area contributed by atoms with Gasteiger partial charge in [0.2, 0.25) is 0 Å². The molecule has 0 bridgehead atoms. The number of nitrogens with zero attached hydrogens (tertiary/aromatic N) is 1. The lowest BCUT2D eigenvalue weighted by Gasteiger charge is -2.36. The highest BCUT2D eigenvalue weighted by molar-refractivity contribution is 6.42. The van der Waals surface area contributed by atoms with Gasteiger partial charge in [-0.05, 0) is 24.8 Å². The Bertz CT molecular complexity index is 781. The van der Waals surface area contributed by atoms with Crippen molar-refractivity contribution in [1.29, 1.82) is 0 Å². The fraction of sp³-hybridized carbons (Fsp3) is 0.444. The lowest BCUT2D eigenvalue weighted by Crippen LogP contribution is -2.47. The van der Waals surface area contributed by atoms with Crippen molar-refractivity contribution in [3.8, 4) is 5.75 Å². The van der Waals surface area contributed by atoms with E-state index in [4.69, 9.17) is 27.9 Å². The number of halogens is 5. The molecule has 1 heterocycles. The fourth-order valence-corrected chi connectivity index (χ4v) is 3.58. The van der Waals surface area contributed by atoms with Crippen LogP contribution in [0.1, 0.15) is 24.4 Å². The van der Waals surface area contributed by atoms with Crippen LogP contribution in [0, 0.1) is 5.92 Å². The lowest BCUT2D eigenvalue weighted by molar-refractivity contribution is -0.186. The number of ether oxygens (including phenoxy) is 1. The van der Waals surface area contributed by atoms with Crippen LogP contribution in [0.5, 0.6) is 5.75 Å². The van der Waals surface area contributed by atoms with Crippen LogP contribution in [0.25, 0.3) is 0 Å². The maximum atomic E-state index is 12.6. The number of benzene rings is 1. The van der Waals surface area contributed by atoms with Crippen LogP contribution < -0.4 is 10.1 Å². The molecule has 29 heavy (non-hydrogen) atoms. The highest BCUT2D eigenvalue weighted by atomic mass is 35.5. The molecule has 0 saturated carbocycles. The monoisotopic (exact) mass is 454 g/mol. The molecule has 1 aromatic rings. The summed E-state index contributed by atoms with van der Waals surface area (Å²) in [5, 5.41) is 12.0. The lowest BCUT2D eigenvalue weighted by atomic mass is 9.85. The van der Waals surface area contributed by atoms with E-state index in [1.165, 1.54) is 18.2 Å². The van der Waals surface area contributed by atoms with Crippen molar-refractivity contribution in [2.45, 2.75) is 25.1 Å². The van der Waals surface area contributed by atoms with E-state index in [0.717, 1.165) is 4.90 Å². The third kappa shape index (κ3) is 5.93. The van der Waals surface area contributed by atoms with Crippen molar-refractivity contribution < 1.29 is 32.6 Å². The molecule has 2 amide bonds. The standard InChI is InChI=1S/C18H19Cl2F3N2O4/c1-2-7-29-14-9-13(20)12(19)8-11(14)15(24-17(27)28)10-3-5-25(6-4-10)16(26)18(21,22)23/h2,8-10,15,24H,1,3-7H2,(H,27,28). The van der Waals surface area contributed by atoms with Crippen LogP contribution in [-0.4, -0.2) is 47.9 Å². The van der Waals surface area contributed by atoms with E-state index in [1.807, 2.05) is 0 Å². The molecule has 2 rings (SSSR count). The summed E-state index contributed by atoms with van der Waals surface area (Å²) < 4.78 is 43.5. The minimum atomic E-state index is -4.94. The second-order valence-electron chi connectivity index (χ2n) is 6.46. The molecule has 0 aliphatic carbocycles. The number of amides is 2. The molecule has 1 saturated heterocycles. The predicted molar refractivity (Wildman–Crippen MR) is 101 cm³/mol. The Labute approximate surface area is 175 Å². The molecular weight excluding hydrogens is 436 g/mol. The largest absolute Gasteiger partial charge is 0.489 e. The number of rotatable bonds is 6. The van der Waals surface area contributed by atoms with Gasteiger partial charge in [0.05, 0.1) is 16.1 Å². The number of hydrogen-bond donors (Lipinski definition) is 2. The minimum absolute atomic E-state index is 0.128. The summed E-state index contributed by atoms with van der Waals surface area (Å²) in [5.41, 5.74) is 0.407. The molecule has 11 heteroatoms. The van der Waals surface area contributed by atoms with Crippen LogP contribution in [0.3, 0.4) is 0 Å². The van der Waals surface area contributed by atoms with Crippen molar-refractivity contribution in [2.75, 3.05) is 19.7 Å². The number of piperidine rings is 1. The van der Waals surface area contributed by atoms with Gasteiger partial charge < -0.3 is 20.1 Å². The van der Waals surface area contributed by atoms with Crippen LogP contribution >= 0.6 is 23.2 Å². The maximum absolute atomic E-state index is 12.6. The van der Waals surface area contributed by atoms with Gasteiger partial charge in [-0.1, -0.05) is 35.9 Å². The molecule has 160 valence electrons. The van der Waals surface area contributed by atoms with E-state index in [2.05, 4.69) is 11.9 Å². The Morgan fingerprint density at radius 1 is 1.31 bits per heavy atom. The van der Waals surface area contributed by atoms with E-state index in [9.17, 15) is 27.9 Å². The number of carbonyl (C=O) groups is 2. The van der Waals surface area contributed by atoms with Crippen molar-refractivity contribution in [2.24, 2.45) is 5.92 Å². The molecular formula is C18H19Cl2F3N2O4. The van der Waals surface area contributed by atoms with Crippen LogP contribution in [-0.2, 0) is 4.79 Å². The summed E-state index contributed by atoms with van der Waals surface area (Å²) in [4.78, 5) is 23.5. The number of carbonyl (C=O) groups excluding carboxylic acids is 1. The Balaban J connectivity index is 2.29. The van der Waals surface area contributed by atoms with Gasteiger partial charge in [-0.25, -0.2) is 4.79 Å². The molecule has 0 aromatic heterocycles. The summed E-state index contributed by atoms with van der Waals surface area (Å²) in [7, 11) is 0. The van der Waals surface area contributed by atoms with E-state index < -0.39 is 24.2 Å². The SMILES string of the molecule is C=CCOc1cc(Cl)c(Cl)cc1C(NC(=O)O)C1CCN(C(=O)C(F)(F)F)CC1. The second kappa shape index (κ2) is 9.58. The van der Waals surface area contributed by atoms with Gasteiger partial charge in [0.15, 0.2) is 0 Å². The fourth-order valence-electron chi connectivity index (χ4n) is 3.26. The summed E-state index contributed by atoms with van der Waals surface area (Å²) in [6.07, 6.45) is -4.44. The van der Waals surface area contributed by atoms with Gasteiger partial charge in [0.25, 0.3) is 0 Å². The Kier molecular flexibility index (Phi) is 7.65. The average Bonchev–Trinajstić information content (AvgIpc) is 2.65. The summed E-state index contributed by atoms with van der Waals surface area (Å²) in [5.74, 6) is -2.00. The van der Waals surface area contributed by atoms with Gasteiger partial charge in [-0.3, -0.25) is 4.79 Å². The first-order valence-electron chi connectivity index (χ1n) is 8.62. The van der Waals surface area contributed by atoms with Crippen molar-refractivity contribution >= 4 is 35.2 Å². The molecule has 1 unspecified atom stereocenters. The van der Waals surface area contributed by atoms with Gasteiger partial charge >= 0.3 is 18.2 Å². The Hall–Kier alpha value is -2.13. The van der Waals surface area contributed by atoms with E-state index in [1.54, 1.807) is 0 Å². The molecule has 1 aliphatic heterocycles. The van der Waals surface area contributed by atoms with Crippen molar-refractivity contribution in [3.63, 3.8) is 0 Å². The molecule has 1 fully saturated rings. The molecule has 0 spiro atoms. The normalized spacial score (nSPS) is 16.2. The third-order valence-electron chi connectivity index (χ3n) is 4.56. The zero-order chi connectivity index (χ0) is 21.8. The second-order valence-corrected chi connectivity index (χ2v) is 7.27. The summed E-state index contributed by atoms with van der Waals surface area (Å²) >= 11 is 12.1. The average molecular weight is 455 g/mol. The molecule has 1 aromatic carbocycles. The number of alkyl halides is 3. The van der Waals surface area contributed by atoms with Crippen molar-refractivity contribution in [3.05, 3.63) is 40.4 Å². The van der Waals surface area contributed by atoms with Gasteiger partial charge in [0, 0.05) is 24.7 Å². The molecule has 1 aliphatic rings. The van der Waals surface area contributed by atoms with Crippen LogP contribution in [0.2, 0.25) is 10.0 Å². The molecule has 0 radical (unpaired) electrons. The van der Waals surface area contributed by atoms with Gasteiger partial charge in [-0.15, -0.1) is 0 Å². The molecule has 2 N–H and O–H groups in total. The van der Waals surface area contributed by atoms with E-state index >= 15 is 0 Å². The van der Waals surface area contributed by atoms with Crippen LogP contribution in [0.15, 0.2) is 24.8 Å². The maximum Gasteiger partial charge on any atom is 0.471 e. The topological polar surface area (TPSA) is 78.9 Å². The molecule has 6 nitrogen and oxygen atoms in total. The molecule has 1 atom stereocenters. The first kappa shape index (κ1) is 23.2. The Morgan fingerprint density at radius 2 is 1.90 bits per heavy atom. The van der Waals surface area contributed by atoms with Crippen LogP contribution in [0.4, 0.5) is 18.0 Å². The van der Waals surface area contributed by atoms with Gasteiger partial charge in [0.1, 0.15) is 12.4 Å². The zero-order valence-corrected chi connectivity index (χ0v) is 16.7. The highest BCUT2D eigenvalue weighted by Crippen LogP contribution is 2.40. The predicted octanol–water partition coefficient (Wildman–Crippen LogP) is 4.67. The smallest absolute Gasteiger partial charge is 0.471 e. The summed E-state index contributed by atoms with van der Waals surface area (Å²) in [6.45, 7) is 3.38. The number of carboxylic acid groups (broad SMARTS) is 1. The van der Waals surface area contributed by atoms with Crippen molar-refractivity contribution in [1.82, 2.24) is 10.2 Å². The minimum Gasteiger partial charge on any atom is -0.489 e. The number of likely N-dealkylation sites (tertiary alicyclic amines) is 1. The number of nitrogens with one attached hydrogen (secondary N) is 1. The third-order valence-corrected chi connectivity index (χ3v) is 5.29. The van der Waals surface area contributed by atoms with E-state index in [-0.39, 0.29) is 54.3 Å². The summed E-state index contributed by atoms with van der Waals surface area (Å²) in [6, 6.07) is 2.10. The number of hydrogen-bond acceptors (Lipinski definition) is 3. The van der Waals surface area contributed by atoms with Gasteiger partial charge in [-0.2, -0.15) is 13.2 Å². The zero-order valence-electron chi connectivity index (χ0n) is 15.1. The quantitative estimate of drug-likeness (QED) is 0.612. The highest BCUT2D eigenvalue weighted by Gasteiger charge is 2.44.